The Labute approximate surface area is 248 Å². The summed E-state index contributed by atoms with van der Waals surface area (Å²) in [7, 11) is 3.70. The summed E-state index contributed by atoms with van der Waals surface area (Å²) in [5.74, 6) is -1.36. The summed E-state index contributed by atoms with van der Waals surface area (Å²) >= 11 is 0. The van der Waals surface area contributed by atoms with E-state index in [1.54, 1.807) is 20.0 Å². The Morgan fingerprint density at radius 1 is 0.976 bits per heavy atom. The Kier molecular flexibility index (Phi) is 10.7. The normalized spacial score (nSPS) is 18.1. The van der Waals surface area contributed by atoms with Crippen LogP contribution in [0, 0.1) is 5.92 Å². The van der Waals surface area contributed by atoms with Gasteiger partial charge < -0.3 is 26.2 Å². The summed E-state index contributed by atoms with van der Waals surface area (Å²) in [6.07, 6.45) is 6.92. The monoisotopic (exact) mass is 579 g/mol. The molecule has 11 nitrogen and oxygen atoms in total. The summed E-state index contributed by atoms with van der Waals surface area (Å²) < 4.78 is 1.45. The molecule has 0 spiro atoms. The maximum atomic E-state index is 13.7. The second-order valence-electron chi connectivity index (χ2n) is 11.7. The van der Waals surface area contributed by atoms with Crippen molar-refractivity contribution < 1.29 is 19.2 Å². The van der Waals surface area contributed by atoms with Gasteiger partial charge in [0.05, 0.1) is 11.6 Å². The Morgan fingerprint density at radius 3 is 2.19 bits per heavy atom. The number of likely N-dealkylation sites (N-methyl/N-ethyl adjacent to an activating group) is 1. The molecule has 2 atom stereocenters. The molecule has 11 heteroatoms. The number of aryl methyl sites for hydroxylation is 1. The van der Waals surface area contributed by atoms with Crippen molar-refractivity contribution in [3.63, 3.8) is 0 Å². The lowest BCUT2D eigenvalue weighted by Crippen LogP contribution is -2.54. The predicted octanol–water partition coefficient (Wildman–Crippen LogP) is 2.42. The van der Waals surface area contributed by atoms with E-state index >= 15 is 0 Å². The van der Waals surface area contributed by atoms with Crippen molar-refractivity contribution in [3.05, 3.63) is 47.3 Å². The minimum atomic E-state index is -0.649. The quantitative estimate of drug-likeness (QED) is 0.369. The van der Waals surface area contributed by atoms with E-state index in [4.69, 9.17) is 5.73 Å². The number of aromatic nitrogens is 2. The number of hydrogen-bond acceptors (Lipinski definition) is 6. The van der Waals surface area contributed by atoms with Gasteiger partial charge in [0.2, 0.25) is 17.7 Å². The van der Waals surface area contributed by atoms with E-state index in [1.807, 2.05) is 36.2 Å². The van der Waals surface area contributed by atoms with E-state index in [1.165, 1.54) is 4.68 Å². The third-order valence-electron chi connectivity index (χ3n) is 8.55. The van der Waals surface area contributed by atoms with E-state index in [2.05, 4.69) is 20.6 Å². The number of nitrogens with one attached hydrogen (secondary N) is 2. The summed E-state index contributed by atoms with van der Waals surface area (Å²) in [4.78, 5) is 55.2. The first-order chi connectivity index (χ1) is 20.2. The largest absolute Gasteiger partial charge is 0.364 e. The zero-order valence-corrected chi connectivity index (χ0v) is 25.1. The molecule has 0 radical (unpaired) electrons. The average molecular weight is 580 g/mol. The molecule has 2 heterocycles. The first-order valence-electron chi connectivity index (χ1n) is 15.2. The van der Waals surface area contributed by atoms with Gasteiger partial charge in [-0.2, -0.15) is 5.10 Å². The van der Waals surface area contributed by atoms with Crippen LogP contribution >= 0.6 is 0 Å². The van der Waals surface area contributed by atoms with Crippen LogP contribution in [-0.2, 0) is 27.9 Å². The van der Waals surface area contributed by atoms with Crippen molar-refractivity contribution in [1.82, 2.24) is 24.9 Å². The first kappa shape index (κ1) is 31.2. The minimum Gasteiger partial charge on any atom is -0.364 e. The fraction of sp³-hybridized carbons (Fsp3) is 0.581. The second kappa shape index (κ2) is 14.4. The van der Waals surface area contributed by atoms with Gasteiger partial charge >= 0.3 is 0 Å². The van der Waals surface area contributed by atoms with Crippen molar-refractivity contribution in [3.8, 4) is 0 Å². The van der Waals surface area contributed by atoms with Gasteiger partial charge in [0.1, 0.15) is 11.7 Å². The molecule has 1 saturated heterocycles. The van der Waals surface area contributed by atoms with Crippen LogP contribution in [0.15, 0.2) is 30.3 Å². The highest BCUT2D eigenvalue weighted by Gasteiger charge is 2.34. The maximum absolute atomic E-state index is 13.7. The molecule has 4 amide bonds. The van der Waals surface area contributed by atoms with Crippen LogP contribution < -0.4 is 16.4 Å². The van der Waals surface area contributed by atoms with Gasteiger partial charge in [-0.1, -0.05) is 44.7 Å². The lowest BCUT2D eigenvalue weighted by Gasteiger charge is -2.34. The summed E-state index contributed by atoms with van der Waals surface area (Å²) in [6, 6.07) is 8.40. The zero-order chi connectivity index (χ0) is 30.2. The first-order valence-corrected chi connectivity index (χ1v) is 15.2. The predicted molar refractivity (Wildman–Crippen MR) is 161 cm³/mol. The molecular weight excluding hydrogens is 534 g/mol. The van der Waals surface area contributed by atoms with Crippen molar-refractivity contribution in [2.24, 2.45) is 18.7 Å². The van der Waals surface area contributed by atoms with Crippen LogP contribution in [0.3, 0.4) is 0 Å². The van der Waals surface area contributed by atoms with Crippen molar-refractivity contribution in [1.29, 1.82) is 0 Å². The lowest BCUT2D eigenvalue weighted by molar-refractivity contribution is -0.137. The fourth-order valence-corrected chi connectivity index (χ4v) is 6.03. The molecule has 1 aliphatic carbocycles. The van der Waals surface area contributed by atoms with Crippen LogP contribution in [0.5, 0.6) is 0 Å². The number of hydrogen-bond donors (Lipinski definition) is 3. The molecule has 4 rings (SSSR count). The molecular formula is C31H45N7O4. The standard InChI is InChI=1S/C31H45N7O4/c1-4-27(39)34-25(31(42)38-17-15-36(2)16-18-38)19-21-11-13-23(14-12-21)33-30(41)28(22-9-7-5-6-8-10-22)24-20-26(29(32)40)37(3)35-24/h11-14,20,22,25,28H,4-10,15-19H2,1-3H3,(H2,32,40)(H,33,41)(H,34,39)/t25-,28+/m1/s1. The van der Waals surface area contributed by atoms with E-state index in [9.17, 15) is 19.2 Å². The molecule has 2 fully saturated rings. The number of benzene rings is 1. The van der Waals surface area contributed by atoms with Gasteiger partial charge in [-0.25, -0.2) is 0 Å². The van der Waals surface area contributed by atoms with Gasteiger partial charge in [-0.05, 0) is 49.6 Å². The van der Waals surface area contributed by atoms with Gasteiger partial charge in [0, 0.05) is 51.8 Å². The SMILES string of the molecule is CCC(=O)N[C@H](Cc1ccc(NC(=O)[C@H](c2cc(C(N)=O)n(C)n2)C2CCCCCC2)cc1)C(=O)N1CCN(C)CC1. The second-order valence-corrected chi connectivity index (χ2v) is 11.7. The van der Waals surface area contributed by atoms with Crippen molar-refractivity contribution in [2.45, 2.75) is 70.3 Å². The number of primary amides is 1. The highest BCUT2D eigenvalue weighted by atomic mass is 16.2. The number of nitrogens with zero attached hydrogens (tertiary/aromatic N) is 4. The third kappa shape index (κ3) is 7.96. The number of carbonyl (C=O) groups is 4. The molecule has 0 bridgehead atoms. The van der Waals surface area contributed by atoms with E-state index in [0.717, 1.165) is 57.2 Å². The van der Waals surface area contributed by atoms with Crippen LogP contribution in [0.1, 0.15) is 79.5 Å². The average Bonchev–Trinajstić information content (AvgIpc) is 3.16. The summed E-state index contributed by atoms with van der Waals surface area (Å²) in [6.45, 7) is 4.65. The van der Waals surface area contributed by atoms with Gasteiger partial charge in [-0.15, -0.1) is 0 Å². The fourth-order valence-electron chi connectivity index (χ4n) is 6.03. The molecule has 42 heavy (non-hydrogen) atoms. The topological polar surface area (TPSA) is 143 Å². The minimum absolute atomic E-state index is 0.0702. The number of amides is 4. The molecule has 228 valence electrons. The van der Waals surface area contributed by atoms with Crippen LogP contribution in [0.2, 0.25) is 0 Å². The summed E-state index contributed by atoms with van der Waals surface area (Å²) in [5, 5.41) is 10.5. The Hall–Kier alpha value is -3.73. The van der Waals surface area contributed by atoms with Crippen LogP contribution in [0.25, 0.3) is 0 Å². The smallest absolute Gasteiger partial charge is 0.266 e. The number of nitrogens with two attached hydrogens (primary N) is 1. The third-order valence-corrected chi connectivity index (χ3v) is 8.55. The van der Waals surface area contributed by atoms with Gasteiger partial charge in [0.25, 0.3) is 5.91 Å². The Bertz CT molecular complexity index is 1240. The molecule has 1 aliphatic heterocycles. The molecule has 1 aromatic heterocycles. The van der Waals surface area contributed by atoms with E-state index in [-0.39, 0.29) is 29.3 Å². The zero-order valence-electron chi connectivity index (χ0n) is 25.1. The molecule has 2 aliphatic rings. The Balaban J connectivity index is 1.48. The molecule has 2 aromatic rings. The highest BCUT2D eigenvalue weighted by Crippen LogP contribution is 2.36. The molecule has 1 saturated carbocycles. The maximum Gasteiger partial charge on any atom is 0.266 e. The number of rotatable bonds is 10. The molecule has 0 unspecified atom stereocenters. The lowest BCUT2D eigenvalue weighted by atomic mass is 9.83. The molecule has 1 aromatic carbocycles. The van der Waals surface area contributed by atoms with Crippen molar-refractivity contribution in [2.75, 3.05) is 38.5 Å². The Morgan fingerprint density at radius 2 is 1.62 bits per heavy atom. The molecule has 4 N–H and O–H groups in total. The van der Waals surface area contributed by atoms with Gasteiger partial charge in [0.15, 0.2) is 0 Å². The number of carbonyl (C=O) groups excluding carboxylic acids is 4. The van der Waals surface area contributed by atoms with Crippen LogP contribution in [-0.4, -0.2) is 82.5 Å². The highest BCUT2D eigenvalue weighted by molar-refractivity contribution is 5.97. The van der Waals surface area contributed by atoms with E-state index in [0.29, 0.717) is 37.3 Å². The van der Waals surface area contributed by atoms with Crippen molar-refractivity contribution >= 4 is 29.3 Å². The number of anilines is 1. The number of piperazine rings is 1. The van der Waals surface area contributed by atoms with Crippen LogP contribution in [0.4, 0.5) is 5.69 Å². The summed E-state index contributed by atoms with van der Waals surface area (Å²) in [5.41, 5.74) is 7.88. The van der Waals surface area contributed by atoms with E-state index < -0.39 is 17.9 Å². The van der Waals surface area contributed by atoms with Gasteiger partial charge in [-0.3, -0.25) is 23.9 Å².